The molecule has 34 heavy (non-hydrogen) atoms. The molecule has 7 heteroatoms. The van der Waals surface area contributed by atoms with Crippen molar-refractivity contribution in [3.63, 3.8) is 0 Å². The molecule has 6 nitrogen and oxygen atoms in total. The molecule has 0 saturated heterocycles. The van der Waals surface area contributed by atoms with Gasteiger partial charge in [0.25, 0.3) is 5.91 Å². The molecule has 1 aromatic heterocycles. The van der Waals surface area contributed by atoms with Gasteiger partial charge in [-0.2, -0.15) is 0 Å². The molecule has 0 spiro atoms. The van der Waals surface area contributed by atoms with Crippen molar-refractivity contribution in [3.8, 4) is 11.5 Å². The molecule has 1 amide bonds. The maximum atomic E-state index is 13.7. The molecule has 1 unspecified atom stereocenters. The lowest BCUT2D eigenvalue weighted by atomic mass is 9.97. The SMILES string of the molecule is COc1ccc(CN2C(=O)c3oc4cc(C)c(Cl)cc4c(=O)c3C2c2cccc(OC)c2)cc1. The Kier molecular flexibility index (Phi) is 5.54. The van der Waals surface area contributed by atoms with Crippen LogP contribution in [-0.2, 0) is 6.54 Å². The molecule has 0 aliphatic carbocycles. The number of hydrogen-bond donors (Lipinski definition) is 0. The predicted molar refractivity (Wildman–Crippen MR) is 130 cm³/mol. The summed E-state index contributed by atoms with van der Waals surface area (Å²) in [6.45, 7) is 2.11. The van der Waals surface area contributed by atoms with Crippen LogP contribution in [0.15, 0.2) is 69.9 Å². The van der Waals surface area contributed by atoms with Crippen molar-refractivity contribution in [1.82, 2.24) is 4.90 Å². The van der Waals surface area contributed by atoms with Crippen molar-refractivity contribution >= 4 is 28.5 Å². The van der Waals surface area contributed by atoms with E-state index >= 15 is 0 Å². The third-order valence-corrected chi connectivity index (χ3v) is 6.58. The van der Waals surface area contributed by atoms with E-state index in [2.05, 4.69) is 0 Å². The van der Waals surface area contributed by atoms with E-state index in [9.17, 15) is 9.59 Å². The standard InChI is InChI=1S/C27H22ClNO5/c1-15-11-22-20(13-21(15)28)25(30)23-24(17-5-4-6-19(12-17)33-3)29(27(31)26(23)34-22)14-16-7-9-18(32-2)10-8-16/h4-13,24H,14H2,1-3H3. The first kappa shape index (κ1) is 22.0. The largest absolute Gasteiger partial charge is 0.497 e. The Morgan fingerprint density at radius 3 is 2.41 bits per heavy atom. The van der Waals surface area contributed by atoms with Gasteiger partial charge in [0.2, 0.25) is 5.76 Å². The van der Waals surface area contributed by atoms with Gasteiger partial charge in [0.15, 0.2) is 5.43 Å². The Morgan fingerprint density at radius 2 is 1.71 bits per heavy atom. The summed E-state index contributed by atoms with van der Waals surface area (Å²) in [5, 5.41) is 0.818. The normalized spacial score (nSPS) is 15.0. The van der Waals surface area contributed by atoms with Crippen molar-refractivity contribution in [3.05, 3.63) is 104 Å². The third-order valence-electron chi connectivity index (χ3n) is 6.17. The van der Waals surface area contributed by atoms with Crippen LogP contribution >= 0.6 is 11.6 Å². The molecule has 2 heterocycles. The van der Waals surface area contributed by atoms with E-state index in [1.54, 1.807) is 31.3 Å². The van der Waals surface area contributed by atoms with E-state index in [-0.39, 0.29) is 23.6 Å². The highest BCUT2D eigenvalue weighted by atomic mass is 35.5. The Hall–Kier alpha value is -3.77. The van der Waals surface area contributed by atoms with Crippen molar-refractivity contribution in [2.24, 2.45) is 0 Å². The minimum atomic E-state index is -0.638. The van der Waals surface area contributed by atoms with E-state index in [0.717, 1.165) is 22.4 Å². The average Bonchev–Trinajstić information content (AvgIpc) is 3.12. The molecule has 1 aliphatic heterocycles. The van der Waals surface area contributed by atoms with Crippen LogP contribution in [0.5, 0.6) is 11.5 Å². The zero-order valence-electron chi connectivity index (χ0n) is 18.9. The molecule has 0 N–H and O–H groups in total. The summed E-state index contributed by atoms with van der Waals surface area (Å²) >= 11 is 6.31. The molecule has 3 aromatic carbocycles. The molecular formula is C27H22ClNO5. The van der Waals surface area contributed by atoms with Crippen molar-refractivity contribution in [2.75, 3.05) is 14.2 Å². The third kappa shape index (κ3) is 3.60. The van der Waals surface area contributed by atoms with Crippen LogP contribution in [0.3, 0.4) is 0 Å². The average molecular weight is 476 g/mol. The molecule has 1 aliphatic rings. The first-order valence-corrected chi connectivity index (χ1v) is 11.1. The van der Waals surface area contributed by atoms with Crippen molar-refractivity contribution in [1.29, 1.82) is 0 Å². The van der Waals surface area contributed by atoms with Crippen LogP contribution in [0, 0.1) is 6.92 Å². The van der Waals surface area contributed by atoms with Crippen LogP contribution < -0.4 is 14.9 Å². The second-order valence-corrected chi connectivity index (χ2v) is 8.64. The second kappa shape index (κ2) is 8.54. The number of fused-ring (bicyclic) bond motifs is 2. The molecule has 0 fully saturated rings. The maximum absolute atomic E-state index is 13.7. The van der Waals surface area contributed by atoms with Gasteiger partial charge in [0, 0.05) is 11.6 Å². The number of benzene rings is 3. The highest BCUT2D eigenvalue weighted by Gasteiger charge is 2.42. The minimum absolute atomic E-state index is 0.0561. The highest BCUT2D eigenvalue weighted by Crippen LogP contribution is 2.40. The van der Waals surface area contributed by atoms with Gasteiger partial charge in [-0.25, -0.2) is 0 Å². The van der Waals surface area contributed by atoms with Gasteiger partial charge in [-0.05, 0) is 60.0 Å². The first-order valence-electron chi connectivity index (χ1n) is 10.8. The molecule has 172 valence electrons. The number of nitrogens with zero attached hydrogens (tertiary/aromatic N) is 1. The maximum Gasteiger partial charge on any atom is 0.291 e. The van der Waals surface area contributed by atoms with Gasteiger partial charge in [0.05, 0.1) is 31.2 Å². The van der Waals surface area contributed by atoms with E-state index in [1.165, 1.54) is 0 Å². The smallest absolute Gasteiger partial charge is 0.291 e. The van der Waals surface area contributed by atoms with Crippen LogP contribution in [0.1, 0.15) is 38.9 Å². The van der Waals surface area contributed by atoms with Crippen LogP contribution in [0.4, 0.5) is 0 Å². The second-order valence-electron chi connectivity index (χ2n) is 8.23. The molecule has 1 atom stereocenters. The lowest BCUT2D eigenvalue weighted by molar-refractivity contribution is 0.0714. The molecule has 4 aromatic rings. The Morgan fingerprint density at radius 1 is 0.971 bits per heavy atom. The molecule has 0 saturated carbocycles. The quantitative estimate of drug-likeness (QED) is 0.380. The predicted octanol–water partition coefficient (Wildman–Crippen LogP) is 5.52. The Balaban J connectivity index is 1.71. The van der Waals surface area contributed by atoms with Gasteiger partial charge in [-0.3, -0.25) is 9.59 Å². The summed E-state index contributed by atoms with van der Waals surface area (Å²) < 4.78 is 16.7. The summed E-state index contributed by atoms with van der Waals surface area (Å²) in [5.41, 5.74) is 2.79. The number of amides is 1. The zero-order valence-corrected chi connectivity index (χ0v) is 19.7. The summed E-state index contributed by atoms with van der Waals surface area (Å²) in [5.74, 6) is 1.07. The molecule has 5 rings (SSSR count). The van der Waals surface area contributed by atoms with E-state index in [4.69, 9.17) is 25.5 Å². The van der Waals surface area contributed by atoms with Crippen molar-refractivity contribution < 1.29 is 18.7 Å². The number of carbonyl (C=O) groups excluding carboxylic acids is 1. The first-order chi connectivity index (χ1) is 16.4. The molecule has 0 bridgehead atoms. The van der Waals surface area contributed by atoms with Crippen LogP contribution in [0.2, 0.25) is 5.02 Å². The zero-order chi connectivity index (χ0) is 24.0. The monoisotopic (exact) mass is 475 g/mol. The lowest BCUT2D eigenvalue weighted by Crippen LogP contribution is -2.29. The number of halogens is 1. The molecule has 0 radical (unpaired) electrons. The van der Waals surface area contributed by atoms with E-state index in [0.29, 0.717) is 27.3 Å². The Bertz CT molecular complexity index is 1480. The van der Waals surface area contributed by atoms with Gasteiger partial charge < -0.3 is 18.8 Å². The summed E-state index contributed by atoms with van der Waals surface area (Å²) in [7, 11) is 3.18. The minimum Gasteiger partial charge on any atom is -0.497 e. The van der Waals surface area contributed by atoms with Gasteiger partial charge in [-0.15, -0.1) is 0 Å². The fourth-order valence-electron chi connectivity index (χ4n) is 4.39. The summed E-state index contributed by atoms with van der Waals surface area (Å²) in [4.78, 5) is 29.0. The number of aryl methyl sites for hydroxylation is 1. The topological polar surface area (TPSA) is 69.0 Å². The summed E-state index contributed by atoms with van der Waals surface area (Å²) in [6, 6.07) is 17.5. The van der Waals surface area contributed by atoms with Crippen molar-refractivity contribution in [2.45, 2.75) is 19.5 Å². The van der Waals surface area contributed by atoms with Gasteiger partial charge in [0.1, 0.15) is 17.1 Å². The van der Waals surface area contributed by atoms with Gasteiger partial charge >= 0.3 is 0 Å². The number of carbonyl (C=O) groups is 1. The van der Waals surface area contributed by atoms with Gasteiger partial charge in [-0.1, -0.05) is 35.9 Å². The van der Waals surface area contributed by atoms with E-state index in [1.807, 2.05) is 55.5 Å². The number of ether oxygens (including phenoxy) is 2. The highest BCUT2D eigenvalue weighted by molar-refractivity contribution is 6.32. The van der Waals surface area contributed by atoms with Crippen LogP contribution in [0.25, 0.3) is 11.0 Å². The van der Waals surface area contributed by atoms with Crippen LogP contribution in [-0.4, -0.2) is 25.0 Å². The Labute approximate surface area is 201 Å². The number of methoxy groups -OCH3 is 2. The summed E-state index contributed by atoms with van der Waals surface area (Å²) in [6.07, 6.45) is 0. The van der Waals surface area contributed by atoms with E-state index < -0.39 is 6.04 Å². The molecular weight excluding hydrogens is 454 g/mol. The fraction of sp³-hybridized carbons (Fsp3) is 0.185. The number of rotatable bonds is 5. The lowest BCUT2D eigenvalue weighted by Gasteiger charge is -2.25. The fourth-order valence-corrected chi connectivity index (χ4v) is 4.55. The number of hydrogen-bond acceptors (Lipinski definition) is 5.